The predicted molar refractivity (Wildman–Crippen MR) is 78.9 cm³/mol. The lowest BCUT2D eigenvalue weighted by Gasteiger charge is -2.29. The molecule has 1 aromatic rings. The van der Waals surface area contributed by atoms with E-state index in [4.69, 9.17) is 5.73 Å². The van der Waals surface area contributed by atoms with Gasteiger partial charge in [-0.1, -0.05) is 11.3 Å². The molecule has 6 nitrogen and oxygen atoms in total. The number of rotatable bonds is 3. The van der Waals surface area contributed by atoms with E-state index in [0.29, 0.717) is 29.8 Å². The molecule has 20 heavy (non-hydrogen) atoms. The summed E-state index contributed by atoms with van der Waals surface area (Å²) in [6.45, 7) is 1.07. The molecule has 1 saturated carbocycles. The lowest BCUT2D eigenvalue weighted by molar-refractivity contribution is 0.0478. The molecular formula is C13H20N4O2S. The van der Waals surface area contributed by atoms with Gasteiger partial charge in [0.15, 0.2) is 5.13 Å². The summed E-state index contributed by atoms with van der Waals surface area (Å²) in [5.41, 5.74) is 5.87. The predicted octanol–water partition coefficient (Wildman–Crippen LogP) is 1.29. The maximum Gasteiger partial charge on any atom is 0.267 e. The Morgan fingerprint density at radius 3 is 2.85 bits per heavy atom. The van der Waals surface area contributed by atoms with Crippen molar-refractivity contribution >= 4 is 28.2 Å². The average Bonchev–Trinajstić information content (AvgIpc) is 2.74. The number of anilines is 2. The number of amides is 1. The number of aromatic nitrogens is 1. The molecule has 0 radical (unpaired) electrons. The second kappa shape index (κ2) is 5.57. The molecule has 0 spiro atoms. The molecule has 0 aromatic carbocycles. The van der Waals surface area contributed by atoms with E-state index >= 15 is 0 Å². The summed E-state index contributed by atoms with van der Waals surface area (Å²) in [4.78, 5) is 18.8. The van der Waals surface area contributed by atoms with Gasteiger partial charge in [0.1, 0.15) is 10.7 Å². The van der Waals surface area contributed by atoms with E-state index in [-0.39, 0.29) is 5.91 Å². The minimum atomic E-state index is -0.422. The maximum atomic E-state index is 12.4. The van der Waals surface area contributed by atoms with E-state index in [1.54, 1.807) is 4.90 Å². The summed E-state index contributed by atoms with van der Waals surface area (Å²) in [6.07, 6.45) is 4.72. The van der Waals surface area contributed by atoms with Crippen LogP contribution in [0.15, 0.2) is 0 Å². The van der Waals surface area contributed by atoms with Crippen molar-refractivity contribution in [3.63, 3.8) is 0 Å². The number of nitrogens with zero attached hydrogens (tertiary/aromatic N) is 2. The Labute approximate surface area is 122 Å². The fraction of sp³-hybridized carbons (Fsp3) is 0.692. The van der Waals surface area contributed by atoms with Crippen LogP contribution in [0, 0.1) is 0 Å². The van der Waals surface area contributed by atoms with Gasteiger partial charge in [0.05, 0.1) is 6.10 Å². The third-order valence-electron chi connectivity index (χ3n) is 3.96. The van der Waals surface area contributed by atoms with Gasteiger partial charge in [0.2, 0.25) is 0 Å². The molecule has 1 atom stereocenters. The van der Waals surface area contributed by atoms with Crippen molar-refractivity contribution in [1.82, 2.24) is 9.88 Å². The summed E-state index contributed by atoms with van der Waals surface area (Å²) in [5.74, 6) is 0.183. The van der Waals surface area contributed by atoms with Crippen LogP contribution in [0.25, 0.3) is 0 Å². The minimum absolute atomic E-state index is 0.111. The molecule has 1 aromatic heterocycles. The van der Waals surface area contributed by atoms with Gasteiger partial charge in [0.25, 0.3) is 5.91 Å². The van der Waals surface area contributed by atoms with Crippen LogP contribution in [0.3, 0.4) is 0 Å². The summed E-state index contributed by atoms with van der Waals surface area (Å²) in [6, 6.07) is 0.473. The summed E-state index contributed by atoms with van der Waals surface area (Å²) in [5, 5.41) is 13.7. The van der Waals surface area contributed by atoms with Gasteiger partial charge >= 0.3 is 0 Å². The molecule has 1 aliphatic carbocycles. The molecule has 1 saturated heterocycles. The summed E-state index contributed by atoms with van der Waals surface area (Å²) in [7, 11) is 0. The Kier molecular flexibility index (Phi) is 3.80. The number of thiazole rings is 1. The highest BCUT2D eigenvalue weighted by molar-refractivity contribution is 7.18. The topological polar surface area (TPSA) is 91.5 Å². The Balaban J connectivity index is 1.70. The number of aliphatic hydroxyl groups excluding tert-OH is 1. The number of hydrogen-bond donors (Lipinski definition) is 3. The van der Waals surface area contributed by atoms with Gasteiger partial charge in [-0.2, -0.15) is 0 Å². The van der Waals surface area contributed by atoms with Gasteiger partial charge in [-0.15, -0.1) is 0 Å². The molecule has 7 heteroatoms. The van der Waals surface area contributed by atoms with Crippen molar-refractivity contribution in [2.75, 3.05) is 24.1 Å². The Bertz CT molecular complexity index is 501. The standard InChI is InChI=1S/C13H20N4O2S/c14-11-10(12(19)17-6-2-5-9(18)7-17)20-13(16-11)15-8-3-1-4-8/h8-9,18H,1-7,14H2,(H,15,16). The highest BCUT2D eigenvalue weighted by Gasteiger charge is 2.27. The summed E-state index contributed by atoms with van der Waals surface area (Å²) < 4.78 is 0. The number of carbonyl (C=O) groups is 1. The van der Waals surface area contributed by atoms with Gasteiger partial charge in [-0.25, -0.2) is 4.98 Å². The van der Waals surface area contributed by atoms with E-state index in [2.05, 4.69) is 10.3 Å². The van der Waals surface area contributed by atoms with E-state index in [0.717, 1.165) is 30.8 Å². The largest absolute Gasteiger partial charge is 0.391 e. The van der Waals surface area contributed by atoms with Crippen molar-refractivity contribution in [3.8, 4) is 0 Å². The first-order valence-electron chi connectivity index (χ1n) is 7.13. The van der Waals surface area contributed by atoms with Crippen molar-refractivity contribution in [3.05, 3.63) is 4.88 Å². The number of nitrogens with two attached hydrogens (primary N) is 1. The normalized spacial score (nSPS) is 23.4. The quantitative estimate of drug-likeness (QED) is 0.781. The van der Waals surface area contributed by atoms with Crippen LogP contribution in [-0.2, 0) is 0 Å². The van der Waals surface area contributed by atoms with E-state index in [9.17, 15) is 9.90 Å². The SMILES string of the molecule is Nc1nc(NC2CCC2)sc1C(=O)N1CCCC(O)C1. The van der Waals surface area contributed by atoms with Crippen molar-refractivity contribution < 1.29 is 9.90 Å². The van der Waals surface area contributed by atoms with Crippen LogP contribution in [0.5, 0.6) is 0 Å². The monoisotopic (exact) mass is 296 g/mol. The molecule has 1 aliphatic heterocycles. The molecule has 4 N–H and O–H groups in total. The summed E-state index contributed by atoms with van der Waals surface area (Å²) >= 11 is 1.32. The first-order valence-corrected chi connectivity index (χ1v) is 7.95. The van der Waals surface area contributed by atoms with E-state index in [1.807, 2.05) is 0 Å². The molecule has 1 unspecified atom stereocenters. The molecule has 0 bridgehead atoms. The van der Waals surface area contributed by atoms with Gasteiger partial charge in [-0.3, -0.25) is 4.79 Å². The smallest absolute Gasteiger partial charge is 0.267 e. The Morgan fingerprint density at radius 1 is 1.40 bits per heavy atom. The molecular weight excluding hydrogens is 276 g/mol. The number of aliphatic hydroxyl groups is 1. The fourth-order valence-electron chi connectivity index (χ4n) is 2.56. The lowest BCUT2D eigenvalue weighted by Crippen LogP contribution is -2.42. The number of nitrogens with one attached hydrogen (secondary N) is 1. The highest BCUT2D eigenvalue weighted by atomic mass is 32.1. The van der Waals surface area contributed by atoms with Crippen LogP contribution >= 0.6 is 11.3 Å². The van der Waals surface area contributed by atoms with Crippen molar-refractivity contribution in [1.29, 1.82) is 0 Å². The lowest BCUT2D eigenvalue weighted by atomic mass is 9.93. The number of hydrogen-bond acceptors (Lipinski definition) is 6. The number of likely N-dealkylation sites (tertiary alicyclic amines) is 1. The third kappa shape index (κ3) is 2.73. The fourth-order valence-corrected chi connectivity index (χ4v) is 3.49. The van der Waals surface area contributed by atoms with Gasteiger partial charge in [0, 0.05) is 19.1 Å². The second-order valence-electron chi connectivity index (χ2n) is 5.55. The van der Waals surface area contributed by atoms with Crippen LogP contribution < -0.4 is 11.1 Å². The Hall–Kier alpha value is -1.34. The molecule has 110 valence electrons. The van der Waals surface area contributed by atoms with Crippen LogP contribution in [0.2, 0.25) is 0 Å². The maximum absolute atomic E-state index is 12.4. The zero-order chi connectivity index (χ0) is 14.1. The van der Waals surface area contributed by atoms with Gasteiger partial charge < -0.3 is 21.1 Å². The molecule has 3 rings (SSSR count). The highest BCUT2D eigenvalue weighted by Crippen LogP contribution is 2.30. The zero-order valence-corrected chi connectivity index (χ0v) is 12.2. The number of β-amino-alcohol motifs (C(OH)–C–C–N with tert-alkyl or cyclic N) is 1. The van der Waals surface area contributed by atoms with Crippen LogP contribution in [0.1, 0.15) is 41.8 Å². The molecule has 2 fully saturated rings. The van der Waals surface area contributed by atoms with E-state index in [1.165, 1.54) is 17.8 Å². The molecule has 2 aliphatic rings. The third-order valence-corrected chi connectivity index (χ3v) is 4.95. The van der Waals surface area contributed by atoms with E-state index < -0.39 is 6.10 Å². The molecule has 2 heterocycles. The first kappa shape index (κ1) is 13.6. The number of piperidine rings is 1. The second-order valence-corrected chi connectivity index (χ2v) is 6.55. The number of carbonyl (C=O) groups excluding carboxylic acids is 1. The number of nitrogen functional groups attached to an aromatic ring is 1. The Morgan fingerprint density at radius 2 is 2.20 bits per heavy atom. The average molecular weight is 296 g/mol. The van der Waals surface area contributed by atoms with Gasteiger partial charge in [-0.05, 0) is 32.1 Å². The van der Waals surface area contributed by atoms with Crippen molar-refractivity contribution in [2.45, 2.75) is 44.2 Å². The van der Waals surface area contributed by atoms with Crippen LogP contribution in [0.4, 0.5) is 10.9 Å². The van der Waals surface area contributed by atoms with Crippen molar-refractivity contribution in [2.24, 2.45) is 0 Å². The molecule has 1 amide bonds. The minimum Gasteiger partial charge on any atom is -0.391 e. The van der Waals surface area contributed by atoms with Crippen LogP contribution in [-0.4, -0.2) is 46.1 Å². The zero-order valence-electron chi connectivity index (χ0n) is 11.3. The first-order chi connectivity index (χ1) is 9.63.